The number of fused-ring (bicyclic) bond motifs is 1. The number of nitrogens with zero attached hydrogens (tertiary/aromatic N) is 2. The molecular weight excluding hydrogens is 464 g/mol. The van der Waals surface area contributed by atoms with E-state index < -0.39 is 0 Å². The van der Waals surface area contributed by atoms with Gasteiger partial charge in [0.05, 0.1) is 24.7 Å². The molecule has 3 aromatic carbocycles. The van der Waals surface area contributed by atoms with E-state index in [1.54, 1.807) is 6.21 Å². The predicted molar refractivity (Wildman–Crippen MR) is 140 cm³/mol. The molecule has 1 saturated heterocycles. The molecule has 3 aromatic rings. The summed E-state index contributed by atoms with van der Waals surface area (Å²) in [6.07, 6.45) is 7.06. The fourth-order valence-electron chi connectivity index (χ4n) is 6.75. The van der Waals surface area contributed by atoms with Crippen molar-refractivity contribution in [3.8, 4) is 11.5 Å². The zero-order valence-electron chi connectivity index (χ0n) is 20.6. The third-order valence-electron chi connectivity index (χ3n) is 8.49. The Balaban J connectivity index is 1.10. The summed E-state index contributed by atoms with van der Waals surface area (Å²) in [6, 6.07) is 20.0. The second kappa shape index (κ2) is 8.58. The molecule has 0 aromatic heterocycles. The summed E-state index contributed by atoms with van der Waals surface area (Å²) in [7, 11) is 0. The normalized spacial score (nSPS) is 29.2. The maximum atomic E-state index is 13.2. The van der Waals surface area contributed by atoms with E-state index in [2.05, 4.69) is 41.5 Å². The number of hydrazone groups is 1. The molecule has 0 radical (unpaired) electrons. The zero-order valence-corrected chi connectivity index (χ0v) is 20.6. The SMILES string of the molecule is CCOc1cc(/C=N/N2C(=O)[C@@H]3[C@@H]4C=C[C@H]([C@H]5C[C@H]45)[C@@H]3C2=O)ccc1OCc1cccc2ccccc12. The van der Waals surface area contributed by atoms with E-state index in [-0.39, 0.29) is 35.5 Å². The van der Waals surface area contributed by atoms with Crippen molar-refractivity contribution < 1.29 is 19.1 Å². The smallest absolute Gasteiger partial charge is 0.254 e. The summed E-state index contributed by atoms with van der Waals surface area (Å²) in [5.41, 5.74) is 1.83. The molecule has 2 bridgehead atoms. The number of imide groups is 1. The van der Waals surface area contributed by atoms with E-state index in [1.165, 1.54) is 5.39 Å². The van der Waals surface area contributed by atoms with Crippen molar-refractivity contribution >= 4 is 28.8 Å². The van der Waals surface area contributed by atoms with Gasteiger partial charge in [0.1, 0.15) is 6.61 Å². The van der Waals surface area contributed by atoms with E-state index in [9.17, 15) is 9.59 Å². The second-order valence-electron chi connectivity index (χ2n) is 10.5. The highest BCUT2D eigenvalue weighted by Crippen LogP contribution is 2.65. The molecule has 2 saturated carbocycles. The van der Waals surface area contributed by atoms with Gasteiger partial charge in [-0.3, -0.25) is 9.59 Å². The van der Waals surface area contributed by atoms with Crippen molar-refractivity contribution in [2.24, 2.45) is 40.6 Å². The quantitative estimate of drug-likeness (QED) is 0.258. The third-order valence-corrected chi connectivity index (χ3v) is 8.49. The fourth-order valence-corrected chi connectivity index (χ4v) is 6.75. The van der Waals surface area contributed by atoms with Gasteiger partial charge in [0.15, 0.2) is 11.5 Å². The molecule has 5 aliphatic rings. The summed E-state index contributed by atoms with van der Waals surface area (Å²) < 4.78 is 12.0. The number of carbonyl (C=O) groups is 2. The lowest BCUT2D eigenvalue weighted by Gasteiger charge is -2.37. The average molecular weight is 493 g/mol. The Kier molecular flexibility index (Phi) is 5.17. The van der Waals surface area contributed by atoms with Gasteiger partial charge in [-0.2, -0.15) is 10.1 Å². The van der Waals surface area contributed by atoms with Crippen molar-refractivity contribution in [1.29, 1.82) is 0 Å². The Morgan fingerprint density at radius 2 is 1.62 bits per heavy atom. The van der Waals surface area contributed by atoms with Crippen LogP contribution in [-0.2, 0) is 16.2 Å². The number of allylic oxidation sites excluding steroid dienone is 2. The molecule has 186 valence electrons. The highest BCUT2D eigenvalue weighted by atomic mass is 16.5. The highest BCUT2D eigenvalue weighted by Gasteiger charge is 2.67. The topological polar surface area (TPSA) is 68.2 Å². The molecule has 0 unspecified atom stereocenters. The summed E-state index contributed by atoms with van der Waals surface area (Å²) in [5, 5.41) is 7.80. The van der Waals surface area contributed by atoms with Gasteiger partial charge in [-0.1, -0.05) is 54.6 Å². The van der Waals surface area contributed by atoms with Crippen molar-refractivity contribution in [2.45, 2.75) is 20.0 Å². The number of carbonyl (C=O) groups excluding carboxylic acids is 2. The third kappa shape index (κ3) is 3.57. The lowest BCUT2D eigenvalue weighted by molar-refractivity contribution is -0.140. The molecule has 0 N–H and O–H groups in total. The van der Waals surface area contributed by atoms with Gasteiger partial charge in [-0.05, 0) is 77.1 Å². The van der Waals surface area contributed by atoms with Gasteiger partial charge in [0.2, 0.25) is 0 Å². The first-order chi connectivity index (χ1) is 18.1. The Hall–Kier alpha value is -3.93. The predicted octanol–water partition coefficient (Wildman–Crippen LogP) is 5.20. The molecule has 0 spiro atoms. The van der Waals surface area contributed by atoms with E-state index >= 15 is 0 Å². The maximum Gasteiger partial charge on any atom is 0.254 e. The minimum absolute atomic E-state index is 0.156. The number of hydrogen-bond acceptors (Lipinski definition) is 5. The molecule has 3 fully saturated rings. The molecule has 1 aliphatic heterocycles. The summed E-state index contributed by atoms with van der Waals surface area (Å²) in [4.78, 5) is 26.3. The fraction of sp³-hybridized carbons (Fsp3) is 0.323. The van der Waals surface area contributed by atoms with E-state index in [0.717, 1.165) is 27.9 Å². The Labute approximate surface area is 215 Å². The first-order valence-electron chi connectivity index (χ1n) is 13.1. The first-order valence-corrected chi connectivity index (χ1v) is 13.1. The van der Waals surface area contributed by atoms with Crippen LogP contribution in [0.25, 0.3) is 10.8 Å². The Bertz CT molecular complexity index is 1440. The monoisotopic (exact) mass is 492 g/mol. The van der Waals surface area contributed by atoms with Gasteiger partial charge in [-0.25, -0.2) is 0 Å². The highest BCUT2D eigenvalue weighted by molar-refractivity contribution is 6.06. The number of amides is 2. The van der Waals surface area contributed by atoms with Crippen molar-refractivity contribution in [1.82, 2.24) is 5.01 Å². The van der Waals surface area contributed by atoms with E-state index in [4.69, 9.17) is 9.47 Å². The van der Waals surface area contributed by atoms with Gasteiger partial charge in [-0.15, -0.1) is 0 Å². The van der Waals surface area contributed by atoms with Gasteiger partial charge in [0.25, 0.3) is 11.8 Å². The number of benzene rings is 3. The molecule has 8 rings (SSSR count). The molecule has 6 nitrogen and oxygen atoms in total. The summed E-state index contributed by atoms with van der Waals surface area (Å²) in [6.45, 7) is 2.81. The lowest BCUT2D eigenvalue weighted by Crippen LogP contribution is -2.40. The standard InChI is InChI=1S/C31H28N2O4/c1-2-36-27-14-18(10-13-26(27)37-17-20-8-5-7-19-6-3-4-9-21(19)20)16-32-33-30(34)28-22-11-12-23(25-15-24(22)25)29(28)31(33)35/h3-14,16,22-25,28-29H,2,15,17H2,1H3/b32-16+/t22-,23-,24-,25-,28-,29+/m1/s1. The molecule has 6 heteroatoms. The molecular formula is C31H28N2O4. The van der Waals surface area contributed by atoms with Crippen LogP contribution < -0.4 is 9.47 Å². The Morgan fingerprint density at radius 3 is 2.38 bits per heavy atom. The molecule has 2 amide bonds. The van der Waals surface area contributed by atoms with Crippen LogP contribution in [0.4, 0.5) is 0 Å². The summed E-state index contributed by atoms with van der Waals surface area (Å²) in [5.74, 6) is 1.97. The minimum Gasteiger partial charge on any atom is -0.490 e. The number of hydrogen-bond donors (Lipinski definition) is 0. The van der Waals surface area contributed by atoms with Crippen LogP contribution in [0.1, 0.15) is 24.5 Å². The number of ether oxygens (including phenoxy) is 2. The molecule has 37 heavy (non-hydrogen) atoms. The lowest BCUT2D eigenvalue weighted by atomic mass is 9.63. The van der Waals surface area contributed by atoms with Gasteiger partial charge < -0.3 is 9.47 Å². The molecule has 1 heterocycles. The Morgan fingerprint density at radius 1 is 0.892 bits per heavy atom. The van der Waals surface area contributed by atoms with E-state index in [1.807, 2.05) is 43.3 Å². The molecule has 6 atom stereocenters. The van der Waals surface area contributed by atoms with Gasteiger partial charge >= 0.3 is 0 Å². The summed E-state index contributed by atoms with van der Waals surface area (Å²) >= 11 is 0. The van der Waals surface area contributed by atoms with Crippen LogP contribution >= 0.6 is 0 Å². The van der Waals surface area contributed by atoms with Crippen LogP contribution in [0.5, 0.6) is 11.5 Å². The van der Waals surface area contributed by atoms with Crippen LogP contribution in [0.15, 0.2) is 77.9 Å². The van der Waals surface area contributed by atoms with Crippen LogP contribution in [-0.4, -0.2) is 29.6 Å². The van der Waals surface area contributed by atoms with Crippen molar-refractivity contribution in [3.63, 3.8) is 0 Å². The second-order valence-corrected chi connectivity index (χ2v) is 10.5. The minimum atomic E-state index is -0.243. The van der Waals surface area contributed by atoms with E-state index in [0.29, 0.717) is 36.5 Å². The number of rotatable bonds is 7. The first kappa shape index (κ1) is 22.3. The van der Waals surface area contributed by atoms with Crippen LogP contribution in [0.3, 0.4) is 0 Å². The van der Waals surface area contributed by atoms with Crippen molar-refractivity contribution in [3.05, 3.63) is 83.9 Å². The molecule has 4 aliphatic carbocycles. The van der Waals surface area contributed by atoms with Crippen LogP contribution in [0.2, 0.25) is 0 Å². The average Bonchev–Trinajstić information content (AvgIpc) is 3.71. The zero-order chi connectivity index (χ0) is 25.1. The largest absolute Gasteiger partial charge is 0.490 e. The maximum absolute atomic E-state index is 13.2. The van der Waals surface area contributed by atoms with Crippen LogP contribution in [0, 0.1) is 35.5 Å². The van der Waals surface area contributed by atoms with Gasteiger partial charge in [0, 0.05) is 0 Å². The van der Waals surface area contributed by atoms with Crippen molar-refractivity contribution in [2.75, 3.05) is 6.61 Å².